The smallest absolute Gasteiger partial charge is 0.254 e. The third kappa shape index (κ3) is 5.04. The predicted molar refractivity (Wildman–Crippen MR) is 99.2 cm³/mol. The maximum absolute atomic E-state index is 14.1. The molecular formula is C20H22FN3O3. The van der Waals surface area contributed by atoms with Gasteiger partial charge in [-0.2, -0.15) is 0 Å². The topological polar surface area (TPSA) is 93.4 Å². The van der Waals surface area contributed by atoms with E-state index in [-0.39, 0.29) is 24.1 Å². The van der Waals surface area contributed by atoms with Crippen molar-refractivity contribution in [3.63, 3.8) is 0 Å². The molecule has 0 aliphatic carbocycles. The van der Waals surface area contributed by atoms with Gasteiger partial charge in [-0.15, -0.1) is 0 Å². The third-order valence-electron chi connectivity index (χ3n) is 4.37. The molecule has 2 aromatic carbocycles. The van der Waals surface area contributed by atoms with Gasteiger partial charge in [0, 0.05) is 19.0 Å². The fraction of sp³-hybridized carbons (Fsp3) is 0.300. The molecule has 0 aromatic heterocycles. The number of hydrogen-bond donors (Lipinski definition) is 3. The largest absolute Gasteiger partial charge is 0.457 e. The predicted octanol–water partition coefficient (Wildman–Crippen LogP) is 2.13. The number of carbonyl (C=O) groups excluding carboxylic acids is 2. The maximum Gasteiger partial charge on any atom is 0.254 e. The van der Waals surface area contributed by atoms with Crippen LogP contribution in [0.3, 0.4) is 0 Å². The van der Waals surface area contributed by atoms with Crippen LogP contribution in [0.2, 0.25) is 0 Å². The van der Waals surface area contributed by atoms with E-state index in [0.717, 1.165) is 12.0 Å². The molecule has 1 fully saturated rings. The molecular weight excluding hydrogens is 349 g/mol. The fourth-order valence-electron chi connectivity index (χ4n) is 2.91. The molecule has 4 N–H and O–H groups in total. The lowest BCUT2D eigenvalue weighted by Crippen LogP contribution is -2.38. The van der Waals surface area contributed by atoms with Crippen LogP contribution in [0.15, 0.2) is 42.5 Å². The molecule has 1 unspecified atom stereocenters. The number of ether oxygens (including phenoxy) is 1. The summed E-state index contributed by atoms with van der Waals surface area (Å²) in [5.41, 5.74) is 6.53. The van der Waals surface area contributed by atoms with Gasteiger partial charge in [-0.3, -0.25) is 9.59 Å². The van der Waals surface area contributed by atoms with E-state index in [9.17, 15) is 14.0 Å². The Kier molecular flexibility index (Phi) is 6.03. The van der Waals surface area contributed by atoms with Crippen molar-refractivity contribution in [2.45, 2.75) is 25.3 Å². The molecule has 0 radical (unpaired) electrons. The first kappa shape index (κ1) is 18.8. The Hall–Kier alpha value is -2.93. The van der Waals surface area contributed by atoms with E-state index in [1.165, 1.54) is 18.2 Å². The van der Waals surface area contributed by atoms with Crippen molar-refractivity contribution < 1.29 is 18.7 Å². The highest BCUT2D eigenvalue weighted by Crippen LogP contribution is 2.24. The minimum absolute atomic E-state index is 0.0340. The Morgan fingerprint density at radius 1 is 1.22 bits per heavy atom. The summed E-state index contributed by atoms with van der Waals surface area (Å²) in [6, 6.07) is 11.3. The molecule has 7 heteroatoms. The Labute approximate surface area is 156 Å². The van der Waals surface area contributed by atoms with Gasteiger partial charge in [0.15, 0.2) is 0 Å². The second-order valence-corrected chi connectivity index (χ2v) is 6.44. The first-order chi connectivity index (χ1) is 13.0. The van der Waals surface area contributed by atoms with Gasteiger partial charge in [-0.25, -0.2) is 4.39 Å². The number of carbonyl (C=O) groups is 2. The lowest BCUT2D eigenvalue weighted by atomic mass is 10.1. The van der Waals surface area contributed by atoms with Gasteiger partial charge in [0.25, 0.3) is 5.91 Å². The summed E-state index contributed by atoms with van der Waals surface area (Å²) in [5, 5.41) is 5.41. The molecule has 1 aliphatic heterocycles. The van der Waals surface area contributed by atoms with Crippen molar-refractivity contribution in [2.24, 2.45) is 5.73 Å². The van der Waals surface area contributed by atoms with E-state index >= 15 is 0 Å². The Morgan fingerprint density at radius 2 is 1.96 bits per heavy atom. The highest BCUT2D eigenvalue weighted by Gasteiger charge is 2.22. The van der Waals surface area contributed by atoms with Gasteiger partial charge in [-0.05, 0) is 55.3 Å². The highest BCUT2D eigenvalue weighted by molar-refractivity contribution is 5.95. The molecule has 2 aromatic rings. The molecule has 1 atom stereocenters. The molecule has 1 saturated heterocycles. The molecule has 1 heterocycles. The van der Waals surface area contributed by atoms with Crippen LogP contribution in [0.4, 0.5) is 4.39 Å². The van der Waals surface area contributed by atoms with Crippen LogP contribution in [-0.2, 0) is 11.2 Å². The lowest BCUT2D eigenvalue weighted by Gasteiger charge is -2.13. The van der Waals surface area contributed by atoms with Gasteiger partial charge < -0.3 is 21.1 Å². The van der Waals surface area contributed by atoms with Gasteiger partial charge in [0.05, 0.1) is 5.56 Å². The molecule has 0 saturated carbocycles. The monoisotopic (exact) mass is 371 g/mol. The number of benzene rings is 2. The standard InChI is InChI=1S/C20H22FN3O3/c21-18-7-6-16(27-15-4-1-13(2-5-15)9-10-22)11-17(18)20(26)23-12-14-3-8-19(25)24-14/h1-2,4-7,11,14H,3,8-10,12,22H2,(H,23,26)(H,24,25). The van der Waals surface area contributed by atoms with Crippen molar-refractivity contribution in [1.29, 1.82) is 0 Å². The van der Waals surface area contributed by atoms with Crippen LogP contribution in [0.25, 0.3) is 0 Å². The first-order valence-corrected chi connectivity index (χ1v) is 8.89. The van der Waals surface area contributed by atoms with E-state index in [4.69, 9.17) is 10.5 Å². The summed E-state index contributed by atoms with van der Waals surface area (Å²) in [6.45, 7) is 0.832. The van der Waals surface area contributed by atoms with Gasteiger partial charge in [0.2, 0.25) is 5.91 Å². The average Bonchev–Trinajstić information content (AvgIpc) is 3.08. The molecule has 1 aliphatic rings. The molecule has 6 nitrogen and oxygen atoms in total. The zero-order valence-corrected chi connectivity index (χ0v) is 14.8. The number of halogens is 1. The van der Waals surface area contributed by atoms with E-state index in [1.807, 2.05) is 12.1 Å². The second-order valence-electron chi connectivity index (χ2n) is 6.44. The van der Waals surface area contributed by atoms with E-state index in [1.54, 1.807) is 12.1 Å². The molecule has 142 valence electrons. The first-order valence-electron chi connectivity index (χ1n) is 8.89. The summed E-state index contributed by atoms with van der Waals surface area (Å²) < 4.78 is 19.8. The van der Waals surface area contributed by atoms with Crippen molar-refractivity contribution in [1.82, 2.24) is 10.6 Å². The van der Waals surface area contributed by atoms with Gasteiger partial charge in [-0.1, -0.05) is 12.1 Å². The number of amides is 2. The SMILES string of the molecule is NCCc1ccc(Oc2ccc(F)c(C(=O)NCC3CCC(=O)N3)c2)cc1. The molecule has 27 heavy (non-hydrogen) atoms. The Balaban J connectivity index is 1.64. The van der Waals surface area contributed by atoms with Crippen LogP contribution < -0.4 is 21.1 Å². The third-order valence-corrected chi connectivity index (χ3v) is 4.37. The fourth-order valence-corrected chi connectivity index (χ4v) is 2.91. The van der Waals surface area contributed by atoms with Crippen molar-refractivity contribution in [3.05, 3.63) is 59.4 Å². The van der Waals surface area contributed by atoms with Gasteiger partial charge >= 0.3 is 0 Å². The van der Waals surface area contributed by atoms with Crippen LogP contribution >= 0.6 is 0 Å². The normalized spacial score (nSPS) is 16.1. The molecule has 2 amide bonds. The summed E-state index contributed by atoms with van der Waals surface area (Å²) in [5.74, 6) is -0.260. The van der Waals surface area contributed by atoms with Gasteiger partial charge in [0.1, 0.15) is 17.3 Å². The number of nitrogens with two attached hydrogens (primary N) is 1. The van der Waals surface area contributed by atoms with Crippen LogP contribution in [0.5, 0.6) is 11.5 Å². The number of hydrogen-bond acceptors (Lipinski definition) is 4. The molecule has 0 bridgehead atoms. The van der Waals surface area contributed by atoms with Crippen LogP contribution in [-0.4, -0.2) is 30.9 Å². The summed E-state index contributed by atoms with van der Waals surface area (Å²) in [4.78, 5) is 23.5. The molecule has 3 rings (SSSR count). The number of rotatable bonds is 7. The summed E-state index contributed by atoms with van der Waals surface area (Å²) in [7, 11) is 0. The van der Waals surface area contributed by atoms with E-state index in [2.05, 4.69) is 10.6 Å². The number of nitrogens with one attached hydrogen (secondary N) is 2. The summed E-state index contributed by atoms with van der Waals surface area (Å²) >= 11 is 0. The van der Waals surface area contributed by atoms with E-state index in [0.29, 0.717) is 30.9 Å². The molecule has 0 spiro atoms. The average molecular weight is 371 g/mol. The lowest BCUT2D eigenvalue weighted by molar-refractivity contribution is -0.119. The zero-order valence-electron chi connectivity index (χ0n) is 14.8. The minimum Gasteiger partial charge on any atom is -0.457 e. The zero-order chi connectivity index (χ0) is 19.2. The van der Waals surface area contributed by atoms with Crippen molar-refractivity contribution >= 4 is 11.8 Å². The summed E-state index contributed by atoms with van der Waals surface area (Å²) in [6.07, 6.45) is 1.88. The highest BCUT2D eigenvalue weighted by atomic mass is 19.1. The second kappa shape index (κ2) is 8.64. The van der Waals surface area contributed by atoms with Crippen LogP contribution in [0.1, 0.15) is 28.8 Å². The van der Waals surface area contributed by atoms with Crippen molar-refractivity contribution in [3.8, 4) is 11.5 Å². The van der Waals surface area contributed by atoms with Crippen LogP contribution in [0, 0.1) is 5.82 Å². The Morgan fingerprint density at radius 3 is 2.63 bits per heavy atom. The minimum atomic E-state index is -0.631. The van der Waals surface area contributed by atoms with Crippen molar-refractivity contribution in [2.75, 3.05) is 13.1 Å². The maximum atomic E-state index is 14.1. The Bertz CT molecular complexity index is 824. The van der Waals surface area contributed by atoms with E-state index < -0.39 is 11.7 Å². The quantitative estimate of drug-likeness (QED) is 0.695.